The summed E-state index contributed by atoms with van der Waals surface area (Å²) in [5.41, 5.74) is 5.92. The fourth-order valence-electron chi connectivity index (χ4n) is 3.45. The molecule has 0 aliphatic carbocycles. The van der Waals surface area contributed by atoms with Crippen LogP contribution in [0.15, 0.2) is 0 Å². The molecule has 0 aromatic heterocycles. The fraction of sp³-hybridized carbons (Fsp3) is 0.933. The predicted octanol–water partition coefficient (Wildman–Crippen LogP) is 1.45. The Balaban J connectivity index is 1.63. The minimum Gasteiger partial charge on any atom is -0.341 e. The highest BCUT2D eigenvalue weighted by Gasteiger charge is 2.22. The molecule has 4 nitrogen and oxygen atoms in total. The summed E-state index contributed by atoms with van der Waals surface area (Å²) in [6, 6.07) is 0.199. The second-order valence-corrected chi connectivity index (χ2v) is 6.40. The van der Waals surface area contributed by atoms with Crippen LogP contribution >= 0.6 is 0 Å². The summed E-state index contributed by atoms with van der Waals surface area (Å²) in [5.74, 6) is 1.12. The Labute approximate surface area is 117 Å². The number of carbonyl (C=O) groups excluding carboxylic acids is 1. The first-order valence-electron chi connectivity index (χ1n) is 7.87. The van der Waals surface area contributed by atoms with Crippen LogP contribution in [0.4, 0.5) is 0 Å². The largest absolute Gasteiger partial charge is 0.341 e. The maximum atomic E-state index is 12.1. The Morgan fingerprint density at radius 1 is 1.21 bits per heavy atom. The number of nitrogens with zero attached hydrogens (tertiary/aromatic N) is 2. The maximum Gasteiger partial charge on any atom is 0.222 e. The van der Waals surface area contributed by atoms with Crippen LogP contribution in [0.25, 0.3) is 0 Å². The third-order valence-corrected chi connectivity index (χ3v) is 4.54. The van der Waals surface area contributed by atoms with Gasteiger partial charge in [-0.2, -0.15) is 0 Å². The zero-order chi connectivity index (χ0) is 13.7. The van der Waals surface area contributed by atoms with E-state index in [0.29, 0.717) is 12.3 Å². The molecule has 110 valence electrons. The van der Waals surface area contributed by atoms with Gasteiger partial charge in [-0.3, -0.25) is 4.79 Å². The van der Waals surface area contributed by atoms with E-state index < -0.39 is 0 Å². The number of piperidine rings is 2. The second-order valence-electron chi connectivity index (χ2n) is 6.40. The Morgan fingerprint density at radius 3 is 2.74 bits per heavy atom. The van der Waals surface area contributed by atoms with Crippen molar-refractivity contribution in [3.8, 4) is 0 Å². The van der Waals surface area contributed by atoms with E-state index in [1.165, 1.54) is 32.4 Å². The molecule has 2 unspecified atom stereocenters. The normalized spacial score (nSPS) is 29.5. The average molecular weight is 267 g/mol. The number of amides is 1. The van der Waals surface area contributed by atoms with Crippen molar-refractivity contribution in [3.63, 3.8) is 0 Å². The molecule has 0 spiro atoms. The third kappa shape index (κ3) is 4.77. The lowest BCUT2D eigenvalue weighted by Gasteiger charge is -2.32. The van der Waals surface area contributed by atoms with Crippen LogP contribution in [0.5, 0.6) is 0 Å². The highest BCUT2D eigenvalue weighted by molar-refractivity contribution is 5.76. The summed E-state index contributed by atoms with van der Waals surface area (Å²) in [5, 5.41) is 0. The van der Waals surface area contributed by atoms with Gasteiger partial charge in [0, 0.05) is 32.1 Å². The standard InChI is InChI=1S/C15H29N3O/c1-17-9-3-6-13(11-17)5-2-8-15(19)18-10-4-7-14(16)12-18/h13-14H,2-12,16H2,1H3. The number of nitrogens with two attached hydrogens (primary N) is 1. The maximum absolute atomic E-state index is 12.1. The molecule has 1 amide bonds. The average Bonchev–Trinajstić information content (AvgIpc) is 2.38. The first-order chi connectivity index (χ1) is 9.15. The fourth-order valence-corrected chi connectivity index (χ4v) is 3.45. The van der Waals surface area contributed by atoms with Crippen molar-refractivity contribution in [2.45, 2.75) is 51.0 Å². The van der Waals surface area contributed by atoms with E-state index in [-0.39, 0.29) is 6.04 Å². The Bertz CT molecular complexity index is 295. The number of carbonyl (C=O) groups is 1. The Hall–Kier alpha value is -0.610. The van der Waals surface area contributed by atoms with Crippen LogP contribution in [0, 0.1) is 5.92 Å². The van der Waals surface area contributed by atoms with E-state index >= 15 is 0 Å². The van der Waals surface area contributed by atoms with Crippen LogP contribution in [0.2, 0.25) is 0 Å². The minimum atomic E-state index is 0.199. The van der Waals surface area contributed by atoms with Gasteiger partial charge in [0.05, 0.1) is 0 Å². The molecule has 4 heteroatoms. The minimum absolute atomic E-state index is 0.199. The summed E-state index contributed by atoms with van der Waals surface area (Å²) in [6.07, 6.45) is 7.76. The number of likely N-dealkylation sites (tertiary alicyclic amines) is 2. The quantitative estimate of drug-likeness (QED) is 0.838. The summed E-state index contributed by atoms with van der Waals surface area (Å²) in [6.45, 7) is 4.13. The van der Waals surface area contributed by atoms with Gasteiger partial charge in [-0.05, 0) is 58.0 Å². The van der Waals surface area contributed by atoms with E-state index in [2.05, 4.69) is 11.9 Å². The summed E-state index contributed by atoms with van der Waals surface area (Å²) in [7, 11) is 2.20. The zero-order valence-electron chi connectivity index (χ0n) is 12.3. The topological polar surface area (TPSA) is 49.6 Å². The van der Waals surface area contributed by atoms with Crippen molar-refractivity contribution >= 4 is 5.91 Å². The molecule has 2 heterocycles. The zero-order valence-corrected chi connectivity index (χ0v) is 12.3. The first kappa shape index (κ1) is 14.8. The molecule has 2 fully saturated rings. The van der Waals surface area contributed by atoms with Crippen LogP contribution in [0.3, 0.4) is 0 Å². The van der Waals surface area contributed by atoms with Gasteiger partial charge in [-0.15, -0.1) is 0 Å². The lowest BCUT2D eigenvalue weighted by atomic mass is 9.93. The molecule has 2 aliphatic rings. The molecular weight excluding hydrogens is 238 g/mol. The van der Waals surface area contributed by atoms with Crippen molar-refractivity contribution in [2.24, 2.45) is 11.7 Å². The number of rotatable bonds is 4. The molecule has 0 aromatic carbocycles. The monoisotopic (exact) mass is 267 g/mol. The molecule has 0 saturated carbocycles. The predicted molar refractivity (Wildman–Crippen MR) is 77.9 cm³/mol. The van der Waals surface area contributed by atoms with Crippen molar-refractivity contribution in [2.75, 3.05) is 33.2 Å². The molecule has 0 aromatic rings. The molecule has 2 aliphatic heterocycles. The van der Waals surface area contributed by atoms with E-state index in [1.807, 2.05) is 4.90 Å². The van der Waals surface area contributed by atoms with Gasteiger partial charge in [0.15, 0.2) is 0 Å². The third-order valence-electron chi connectivity index (χ3n) is 4.54. The smallest absolute Gasteiger partial charge is 0.222 e. The molecule has 2 saturated heterocycles. The van der Waals surface area contributed by atoms with Gasteiger partial charge in [0.2, 0.25) is 5.91 Å². The second kappa shape index (κ2) is 7.25. The summed E-state index contributed by atoms with van der Waals surface area (Å²) >= 11 is 0. The van der Waals surface area contributed by atoms with Gasteiger partial charge >= 0.3 is 0 Å². The highest BCUT2D eigenvalue weighted by Crippen LogP contribution is 2.21. The molecular formula is C15H29N3O. The molecule has 19 heavy (non-hydrogen) atoms. The van der Waals surface area contributed by atoms with Crippen molar-refractivity contribution in [1.29, 1.82) is 0 Å². The van der Waals surface area contributed by atoms with E-state index in [4.69, 9.17) is 5.73 Å². The Kier molecular flexibility index (Phi) is 5.64. The molecule has 2 rings (SSSR count). The number of hydrogen-bond acceptors (Lipinski definition) is 3. The van der Waals surface area contributed by atoms with Gasteiger partial charge < -0.3 is 15.5 Å². The van der Waals surface area contributed by atoms with Crippen LogP contribution < -0.4 is 5.73 Å². The van der Waals surface area contributed by atoms with Crippen LogP contribution in [0.1, 0.15) is 44.9 Å². The van der Waals surface area contributed by atoms with Gasteiger partial charge in [-0.1, -0.05) is 0 Å². The molecule has 2 N–H and O–H groups in total. The van der Waals surface area contributed by atoms with Crippen molar-refractivity contribution in [3.05, 3.63) is 0 Å². The summed E-state index contributed by atoms with van der Waals surface area (Å²) in [4.78, 5) is 16.5. The van der Waals surface area contributed by atoms with Gasteiger partial charge in [-0.25, -0.2) is 0 Å². The van der Waals surface area contributed by atoms with Crippen LogP contribution in [-0.4, -0.2) is 55.0 Å². The SMILES string of the molecule is CN1CCCC(CCCC(=O)N2CCCC(N)C2)C1. The molecule has 2 atom stereocenters. The molecule has 0 radical (unpaired) electrons. The summed E-state index contributed by atoms with van der Waals surface area (Å²) < 4.78 is 0. The van der Waals surface area contributed by atoms with Gasteiger partial charge in [0.1, 0.15) is 0 Å². The van der Waals surface area contributed by atoms with Crippen molar-refractivity contribution in [1.82, 2.24) is 9.80 Å². The van der Waals surface area contributed by atoms with E-state index in [0.717, 1.165) is 38.3 Å². The number of hydrogen-bond donors (Lipinski definition) is 1. The highest BCUT2D eigenvalue weighted by atomic mass is 16.2. The van der Waals surface area contributed by atoms with E-state index in [9.17, 15) is 4.79 Å². The lowest BCUT2D eigenvalue weighted by molar-refractivity contribution is -0.132. The Morgan fingerprint density at radius 2 is 2.00 bits per heavy atom. The van der Waals surface area contributed by atoms with Crippen molar-refractivity contribution < 1.29 is 4.79 Å². The van der Waals surface area contributed by atoms with Gasteiger partial charge in [0.25, 0.3) is 0 Å². The lowest BCUT2D eigenvalue weighted by Crippen LogP contribution is -2.45. The molecule has 0 bridgehead atoms. The van der Waals surface area contributed by atoms with Crippen LogP contribution in [-0.2, 0) is 4.79 Å². The van der Waals surface area contributed by atoms with E-state index in [1.54, 1.807) is 0 Å². The first-order valence-corrected chi connectivity index (χ1v) is 7.87.